The van der Waals surface area contributed by atoms with Crippen molar-refractivity contribution in [1.29, 1.82) is 0 Å². The van der Waals surface area contributed by atoms with Gasteiger partial charge in [0.05, 0.1) is 11.5 Å². The molecule has 3 aliphatic rings. The Kier molecular flexibility index (Phi) is 8.02. The molecule has 36 heavy (non-hydrogen) atoms. The lowest BCUT2D eigenvalue weighted by molar-refractivity contribution is -0.160. The van der Waals surface area contributed by atoms with Crippen LogP contribution in [0.1, 0.15) is 86.5 Å². The van der Waals surface area contributed by atoms with Crippen LogP contribution >= 0.6 is 0 Å². The summed E-state index contributed by atoms with van der Waals surface area (Å²) >= 11 is 0. The number of fused-ring (bicyclic) bond motifs is 1. The van der Waals surface area contributed by atoms with Crippen LogP contribution in [0.15, 0.2) is 12.7 Å². The summed E-state index contributed by atoms with van der Waals surface area (Å²) < 4.78 is 6.64. The Labute approximate surface area is 216 Å². The van der Waals surface area contributed by atoms with Crippen molar-refractivity contribution in [2.24, 2.45) is 17.3 Å². The lowest BCUT2D eigenvalue weighted by Gasteiger charge is -2.45. The molecule has 3 fully saturated rings. The van der Waals surface area contributed by atoms with Crippen LogP contribution in [0.25, 0.3) is 0 Å². The second kappa shape index (κ2) is 10.1. The molecule has 3 rings (SSSR count). The Hall–Kier alpha value is -1.93. The Balaban J connectivity index is 2.08. The molecule has 204 valence electrons. The van der Waals surface area contributed by atoms with Crippen molar-refractivity contribution in [2.75, 3.05) is 19.7 Å². The molecule has 1 spiro atoms. The fraction of sp³-hybridized carbons (Fsp3) is 0.821. The van der Waals surface area contributed by atoms with Gasteiger partial charge in [-0.05, 0) is 64.2 Å². The van der Waals surface area contributed by atoms with E-state index in [0.717, 1.165) is 6.42 Å². The first-order valence-electron chi connectivity index (χ1n) is 13.5. The van der Waals surface area contributed by atoms with Crippen LogP contribution in [-0.2, 0) is 19.1 Å². The molecule has 0 aromatic heterocycles. The van der Waals surface area contributed by atoms with Crippen LogP contribution < -0.4 is 0 Å². The highest BCUT2D eigenvalue weighted by Crippen LogP contribution is 2.64. The van der Waals surface area contributed by atoms with Crippen LogP contribution in [-0.4, -0.2) is 80.3 Å². The van der Waals surface area contributed by atoms with Crippen molar-refractivity contribution in [3.63, 3.8) is 0 Å². The lowest BCUT2D eigenvalue weighted by atomic mass is 9.65. The molecule has 8 nitrogen and oxygen atoms in total. The first-order valence-corrected chi connectivity index (χ1v) is 13.5. The summed E-state index contributed by atoms with van der Waals surface area (Å²) in [6, 6.07) is -0.874. The van der Waals surface area contributed by atoms with Gasteiger partial charge >= 0.3 is 5.97 Å². The van der Waals surface area contributed by atoms with E-state index in [1.54, 1.807) is 11.0 Å². The smallest absolute Gasteiger partial charge is 0.310 e. The van der Waals surface area contributed by atoms with E-state index in [1.807, 2.05) is 25.7 Å². The summed E-state index contributed by atoms with van der Waals surface area (Å²) in [5.41, 5.74) is -2.61. The van der Waals surface area contributed by atoms with Crippen LogP contribution in [0.2, 0.25) is 0 Å². The first-order chi connectivity index (χ1) is 16.7. The Morgan fingerprint density at radius 2 is 1.86 bits per heavy atom. The minimum atomic E-state index is -1.14. The highest BCUT2D eigenvalue weighted by molar-refractivity contribution is 5.98. The van der Waals surface area contributed by atoms with Gasteiger partial charge in [0, 0.05) is 25.2 Å². The molecule has 0 aromatic carbocycles. The number of nitrogens with zero attached hydrogens (tertiary/aromatic N) is 2. The molecule has 2 N–H and O–H groups in total. The van der Waals surface area contributed by atoms with Gasteiger partial charge in [0.1, 0.15) is 17.6 Å². The molecule has 0 radical (unpaired) electrons. The van der Waals surface area contributed by atoms with Gasteiger partial charge in [-0.1, -0.05) is 33.8 Å². The molecule has 5 atom stereocenters. The number of carbonyl (C=O) groups is 3. The summed E-state index contributed by atoms with van der Waals surface area (Å²) in [6.45, 7) is 17.0. The topological polar surface area (TPSA) is 107 Å². The standard InChI is InChI=1S/C28H46N2O6/c1-8-15-30(26(6,7)18-25(3,4)5)23(33)21-28-14-13-27(9-2,36-28)20(24(34)35)19(28)22(32)29(21)16-11-10-12-17-31/h8,19-21,31H,1,9-18H2,2-7H3,(H,34,35)/t19-,20+,21?,27-,28?/m0/s1. The number of amides is 2. The molecule has 8 heteroatoms. The number of aliphatic carboxylic acids is 1. The monoisotopic (exact) mass is 506 g/mol. The average molecular weight is 507 g/mol. The SMILES string of the molecule is C=CCN(C(=O)C1N(CCCCCO)C(=O)[C@@H]2[C@H](C(=O)O)[C@]3(CC)CCC12O3)C(C)(C)CC(C)(C)C. The molecule has 2 unspecified atom stereocenters. The number of carboxylic acids is 1. The maximum atomic E-state index is 14.5. The minimum Gasteiger partial charge on any atom is -0.481 e. The van der Waals surface area contributed by atoms with Crippen molar-refractivity contribution < 1.29 is 29.3 Å². The van der Waals surface area contributed by atoms with Crippen molar-refractivity contribution in [3.8, 4) is 0 Å². The number of carboxylic acid groups (broad SMARTS) is 1. The van der Waals surface area contributed by atoms with Crippen molar-refractivity contribution >= 4 is 17.8 Å². The molecule has 0 aromatic rings. The van der Waals surface area contributed by atoms with Gasteiger partial charge < -0.3 is 24.7 Å². The van der Waals surface area contributed by atoms with E-state index in [1.165, 1.54) is 0 Å². The van der Waals surface area contributed by atoms with Crippen LogP contribution in [0.5, 0.6) is 0 Å². The predicted molar refractivity (Wildman–Crippen MR) is 137 cm³/mol. The second-order valence-electron chi connectivity index (χ2n) is 12.8. The van der Waals surface area contributed by atoms with Crippen LogP contribution in [0, 0.1) is 17.3 Å². The zero-order valence-corrected chi connectivity index (χ0v) is 23.0. The van der Waals surface area contributed by atoms with Gasteiger partial charge in [0.2, 0.25) is 11.8 Å². The van der Waals surface area contributed by atoms with E-state index in [0.29, 0.717) is 51.6 Å². The first kappa shape index (κ1) is 28.6. The predicted octanol–water partition coefficient (Wildman–Crippen LogP) is 3.62. The number of ether oxygens (including phenoxy) is 1. The van der Waals surface area contributed by atoms with Gasteiger partial charge in [-0.25, -0.2) is 0 Å². The van der Waals surface area contributed by atoms with Gasteiger partial charge in [0.15, 0.2) is 0 Å². The number of unbranched alkanes of at least 4 members (excludes halogenated alkanes) is 2. The zero-order valence-electron chi connectivity index (χ0n) is 23.0. The largest absolute Gasteiger partial charge is 0.481 e. The number of carbonyl (C=O) groups excluding carboxylic acids is 2. The van der Waals surface area contributed by atoms with Gasteiger partial charge in [0.25, 0.3) is 0 Å². The van der Waals surface area contributed by atoms with E-state index in [-0.39, 0.29) is 23.8 Å². The number of rotatable bonds is 12. The fourth-order valence-corrected chi connectivity index (χ4v) is 7.49. The average Bonchev–Trinajstić information content (AvgIpc) is 3.36. The number of likely N-dealkylation sites (tertiary alicyclic amines) is 1. The summed E-state index contributed by atoms with van der Waals surface area (Å²) in [5, 5.41) is 19.4. The van der Waals surface area contributed by atoms with E-state index in [9.17, 15) is 24.6 Å². The van der Waals surface area contributed by atoms with Crippen molar-refractivity contribution in [2.45, 2.75) is 109 Å². The number of aliphatic hydroxyl groups is 1. The maximum absolute atomic E-state index is 14.5. The molecule has 2 amide bonds. The van der Waals surface area contributed by atoms with Gasteiger partial charge in [-0.3, -0.25) is 14.4 Å². The zero-order chi connectivity index (χ0) is 27.1. The Morgan fingerprint density at radius 1 is 1.19 bits per heavy atom. The summed E-state index contributed by atoms with van der Waals surface area (Å²) in [5.74, 6) is -3.34. The maximum Gasteiger partial charge on any atom is 0.310 e. The number of aliphatic hydroxyl groups excluding tert-OH is 1. The van der Waals surface area contributed by atoms with Crippen molar-refractivity contribution in [3.05, 3.63) is 12.7 Å². The van der Waals surface area contributed by atoms with Gasteiger partial charge in [-0.15, -0.1) is 6.58 Å². The summed E-state index contributed by atoms with van der Waals surface area (Å²) in [7, 11) is 0. The molecule has 3 heterocycles. The minimum absolute atomic E-state index is 0.0392. The van der Waals surface area contributed by atoms with Crippen molar-refractivity contribution in [1.82, 2.24) is 9.80 Å². The van der Waals surface area contributed by atoms with E-state index >= 15 is 0 Å². The number of hydrogen-bond acceptors (Lipinski definition) is 5. The molecular formula is C28H46N2O6. The van der Waals surface area contributed by atoms with E-state index in [4.69, 9.17) is 4.74 Å². The van der Waals surface area contributed by atoms with E-state index in [2.05, 4.69) is 27.4 Å². The van der Waals surface area contributed by atoms with E-state index < -0.39 is 40.6 Å². The lowest BCUT2D eigenvalue weighted by Crippen LogP contribution is -2.61. The second-order valence-corrected chi connectivity index (χ2v) is 12.8. The Bertz CT molecular complexity index is 880. The summed E-state index contributed by atoms with van der Waals surface area (Å²) in [4.78, 5) is 44.4. The van der Waals surface area contributed by atoms with Crippen LogP contribution in [0.4, 0.5) is 0 Å². The highest BCUT2D eigenvalue weighted by Gasteiger charge is 2.79. The molecule has 3 saturated heterocycles. The molecule has 0 saturated carbocycles. The van der Waals surface area contributed by atoms with Gasteiger partial charge in [-0.2, -0.15) is 0 Å². The third-order valence-corrected chi connectivity index (χ3v) is 8.51. The fourth-order valence-electron chi connectivity index (χ4n) is 7.49. The highest BCUT2D eigenvalue weighted by atomic mass is 16.5. The third kappa shape index (κ3) is 4.71. The molecule has 0 aliphatic carbocycles. The quantitative estimate of drug-likeness (QED) is 0.309. The molecule has 2 bridgehead atoms. The molecular weight excluding hydrogens is 460 g/mol. The summed E-state index contributed by atoms with van der Waals surface area (Å²) in [6.07, 6.45) is 5.91. The number of hydrogen-bond donors (Lipinski definition) is 2. The third-order valence-electron chi connectivity index (χ3n) is 8.51. The molecule has 3 aliphatic heterocycles. The Morgan fingerprint density at radius 3 is 2.39 bits per heavy atom. The normalized spacial score (nSPS) is 31.6. The van der Waals surface area contributed by atoms with Crippen LogP contribution in [0.3, 0.4) is 0 Å².